The van der Waals surface area contributed by atoms with Crippen molar-refractivity contribution in [3.63, 3.8) is 0 Å². The lowest BCUT2D eigenvalue weighted by atomic mass is 10.1. The number of H-pyrrole nitrogens is 1. The molecule has 1 fully saturated rings. The monoisotopic (exact) mass is 432 g/mol. The number of imidazole rings is 1. The van der Waals surface area contributed by atoms with Gasteiger partial charge < -0.3 is 20.2 Å². The maximum atomic E-state index is 6.11. The second-order valence-electron chi connectivity index (χ2n) is 8.34. The maximum Gasteiger partial charge on any atom is 0.165 e. The molecule has 0 amide bonds. The second-order valence-corrected chi connectivity index (χ2v) is 9.48. The van der Waals surface area contributed by atoms with Crippen molar-refractivity contribution in [1.82, 2.24) is 29.5 Å². The molecule has 0 spiro atoms. The predicted molar refractivity (Wildman–Crippen MR) is 125 cm³/mol. The van der Waals surface area contributed by atoms with Crippen LogP contribution in [0.25, 0.3) is 27.1 Å². The van der Waals surface area contributed by atoms with Gasteiger partial charge in [0.25, 0.3) is 0 Å². The summed E-state index contributed by atoms with van der Waals surface area (Å²) >= 11 is 1.86. The molecular formula is C22H24N8S. The van der Waals surface area contributed by atoms with Gasteiger partial charge >= 0.3 is 0 Å². The maximum absolute atomic E-state index is 6.11. The molecular weight excluding hydrogens is 408 g/mol. The third-order valence-electron chi connectivity index (χ3n) is 6.28. The Labute approximate surface area is 184 Å². The van der Waals surface area contributed by atoms with Crippen molar-refractivity contribution in [1.29, 1.82) is 0 Å². The molecule has 6 rings (SSSR count). The molecule has 0 aromatic carbocycles. The van der Waals surface area contributed by atoms with E-state index in [9.17, 15) is 0 Å². The Bertz CT molecular complexity index is 1270. The number of nitrogens with two attached hydrogens (primary N) is 1. The Kier molecular flexibility index (Phi) is 4.65. The largest absolute Gasteiger partial charge is 0.346 e. The molecule has 1 aliphatic heterocycles. The van der Waals surface area contributed by atoms with Crippen LogP contribution < -0.4 is 10.6 Å². The molecule has 0 unspecified atom stereocenters. The standard InChI is InChI=1S/C22H24N8S/c23-15-2-1-14(9-15)10-30-13-28-19-21(26-12-27-22(19)30)29-7-8-31-18(11-29)16-3-5-24-20-17(16)4-6-25-20/h3-6,11-15H,1-2,7-10,23H2,(H,24,25)/t14-,15+/m1/s1. The molecule has 3 N–H and O–H groups in total. The van der Waals surface area contributed by atoms with Gasteiger partial charge in [0.1, 0.15) is 12.0 Å². The van der Waals surface area contributed by atoms with Crippen molar-refractivity contribution in [2.75, 3.05) is 17.2 Å². The molecule has 0 radical (unpaired) electrons. The van der Waals surface area contributed by atoms with E-state index < -0.39 is 0 Å². The van der Waals surface area contributed by atoms with E-state index in [1.807, 2.05) is 30.5 Å². The van der Waals surface area contributed by atoms with Gasteiger partial charge in [-0.3, -0.25) is 0 Å². The van der Waals surface area contributed by atoms with Crippen LogP contribution in [0.3, 0.4) is 0 Å². The summed E-state index contributed by atoms with van der Waals surface area (Å²) in [6.45, 7) is 1.80. The van der Waals surface area contributed by atoms with Crippen molar-refractivity contribution in [2.24, 2.45) is 11.7 Å². The van der Waals surface area contributed by atoms with E-state index in [1.54, 1.807) is 6.33 Å². The van der Waals surface area contributed by atoms with Crippen LogP contribution in [-0.2, 0) is 6.54 Å². The molecule has 4 aromatic heterocycles. The Morgan fingerprint density at radius 1 is 1.16 bits per heavy atom. The first-order valence-electron chi connectivity index (χ1n) is 10.7. The minimum absolute atomic E-state index is 0.332. The molecule has 0 bridgehead atoms. The highest BCUT2D eigenvalue weighted by Crippen LogP contribution is 2.37. The van der Waals surface area contributed by atoms with Gasteiger partial charge in [0.15, 0.2) is 17.0 Å². The van der Waals surface area contributed by atoms with Crippen LogP contribution in [0.5, 0.6) is 0 Å². The van der Waals surface area contributed by atoms with Crippen molar-refractivity contribution in [3.05, 3.63) is 48.9 Å². The summed E-state index contributed by atoms with van der Waals surface area (Å²) in [4.78, 5) is 24.9. The van der Waals surface area contributed by atoms with E-state index in [0.717, 1.165) is 59.7 Å². The topological polar surface area (TPSA) is 102 Å². The van der Waals surface area contributed by atoms with E-state index in [-0.39, 0.29) is 0 Å². The van der Waals surface area contributed by atoms with Gasteiger partial charge in [-0.1, -0.05) is 0 Å². The molecule has 9 heteroatoms. The van der Waals surface area contributed by atoms with E-state index in [4.69, 9.17) is 10.7 Å². The lowest BCUT2D eigenvalue weighted by molar-refractivity contribution is 0.456. The average Bonchev–Trinajstić information content (AvgIpc) is 3.54. The molecule has 158 valence electrons. The van der Waals surface area contributed by atoms with Gasteiger partial charge in [0.2, 0.25) is 0 Å². The van der Waals surface area contributed by atoms with Crippen molar-refractivity contribution < 1.29 is 0 Å². The molecule has 2 aliphatic rings. The van der Waals surface area contributed by atoms with Gasteiger partial charge in [-0.25, -0.2) is 19.9 Å². The molecule has 0 saturated heterocycles. The molecule has 31 heavy (non-hydrogen) atoms. The summed E-state index contributed by atoms with van der Waals surface area (Å²) in [6.07, 6.45) is 12.9. The minimum atomic E-state index is 0.332. The summed E-state index contributed by atoms with van der Waals surface area (Å²) in [5, 5.41) is 1.13. The number of anilines is 1. The zero-order valence-electron chi connectivity index (χ0n) is 17.1. The van der Waals surface area contributed by atoms with Gasteiger partial charge in [0, 0.05) is 59.3 Å². The zero-order chi connectivity index (χ0) is 20.8. The molecule has 4 aromatic rings. The Balaban J connectivity index is 1.35. The highest BCUT2D eigenvalue weighted by Gasteiger charge is 2.24. The Morgan fingerprint density at radius 3 is 3.03 bits per heavy atom. The van der Waals surface area contributed by atoms with Crippen LogP contribution in [0, 0.1) is 5.92 Å². The van der Waals surface area contributed by atoms with Gasteiger partial charge in [-0.05, 0) is 37.3 Å². The zero-order valence-corrected chi connectivity index (χ0v) is 17.9. The summed E-state index contributed by atoms with van der Waals surface area (Å²) in [5.41, 5.74) is 9.96. The summed E-state index contributed by atoms with van der Waals surface area (Å²) in [7, 11) is 0. The average molecular weight is 433 g/mol. The lowest BCUT2D eigenvalue weighted by Crippen LogP contribution is -2.24. The van der Waals surface area contributed by atoms with Crippen molar-refractivity contribution in [3.8, 4) is 0 Å². The summed E-state index contributed by atoms with van der Waals surface area (Å²) < 4.78 is 2.17. The van der Waals surface area contributed by atoms with Gasteiger partial charge in [-0.15, -0.1) is 11.8 Å². The fourth-order valence-corrected chi connectivity index (χ4v) is 5.80. The quantitative estimate of drug-likeness (QED) is 0.510. The number of hydrogen-bond donors (Lipinski definition) is 2. The van der Waals surface area contributed by atoms with E-state index in [1.165, 1.54) is 16.9 Å². The van der Waals surface area contributed by atoms with Crippen molar-refractivity contribution in [2.45, 2.75) is 31.8 Å². The smallest absolute Gasteiger partial charge is 0.165 e. The first-order valence-corrected chi connectivity index (χ1v) is 11.7. The van der Waals surface area contributed by atoms with E-state index in [0.29, 0.717) is 12.0 Å². The number of aromatic amines is 1. The third-order valence-corrected chi connectivity index (χ3v) is 7.30. The van der Waals surface area contributed by atoms with Crippen LogP contribution in [0.1, 0.15) is 24.8 Å². The second kappa shape index (κ2) is 7.65. The number of nitrogens with zero attached hydrogens (tertiary/aromatic N) is 6. The Hall–Kier alpha value is -2.91. The molecule has 1 aliphatic carbocycles. The third kappa shape index (κ3) is 3.37. The number of pyridine rings is 1. The first-order chi connectivity index (χ1) is 15.3. The lowest BCUT2D eigenvalue weighted by Gasteiger charge is -2.26. The highest BCUT2D eigenvalue weighted by atomic mass is 32.2. The van der Waals surface area contributed by atoms with Crippen LogP contribution in [0.2, 0.25) is 0 Å². The molecule has 2 atom stereocenters. The fourth-order valence-electron chi connectivity index (χ4n) is 4.76. The van der Waals surface area contributed by atoms with Crippen LogP contribution >= 0.6 is 11.8 Å². The first kappa shape index (κ1) is 18.8. The molecule has 5 heterocycles. The number of fused-ring (bicyclic) bond motifs is 2. The number of rotatable bonds is 4. The van der Waals surface area contributed by atoms with Crippen LogP contribution in [0.15, 0.2) is 43.4 Å². The molecule has 8 nitrogen and oxygen atoms in total. The van der Waals surface area contributed by atoms with E-state index in [2.05, 4.69) is 47.7 Å². The SMILES string of the molecule is N[C@H]1CC[C@@H](Cn2cnc3c(N4C=C(c5ccnc6[nH]ccc56)SCC4)ncnc32)C1. The minimum Gasteiger partial charge on any atom is -0.346 e. The number of nitrogens with one attached hydrogen (secondary N) is 1. The Morgan fingerprint density at radius 2 is 2.13 bits per heavy atom. The van der Waals surface area contributed by atoms with Gasteiger partial charge in [0.05, 0.1) is 6.33 Å². The van der Waals surface area contributed by atoms with Crippen molar-refractivity contribution >= 4 is 44.7 Å². The number of aromatic nitrogens is 6. The van der Waals surface area contributed by atoms with E-state index >= 15 is 0 Å². The molecule has 1 saturated carbocycles. The fraction of sp³-hybridized carbons (Fsp3) is 0.364. The van der Waals surface area contributed by atoms with Crippen LogP contribution in [-0.4, -0.2) is 47.8 Å². The van der Waals surface area contributed by atoms with Gasteiger partial charge in [-0.2, -0.15) is 0 Å². The predicted octanol–water partition coefficient (Wildman–Crippen LogP) is 3.38. The number of hydrogen-bond acceptors (Lipinski definition) is 7. The normalized spacial score (nSPS) is 21.8. The summed E-state index contributed by atoms with van der Waals surface area (Å²) in [6, 6.07) is 4.49. The highest BCUT2D eigenvalue weighted by molar-refractivity contribution is 8.08. The van der Waals surface area contributed by atoms with Crippen LogP contribution in [0.4, 0.5) is 5.82 Å². The number of thioether (sulfide) groups is 1. The summed E-state index contributed by atoms with van der Waals surface area (Å²) in [5.74, 6) is 2.44.